The van der Waals surface area contributed by atoms with Gasteiger partial charge < -0.3 is 11.1 Å². The van der Waals surface area contributed by atoms with Gasteiger partial charge in [-0.15, -0.1) is 0 Å². The quantitative estimate of drug-likeness (QED) is 0.646. The molecule has 6 nitrogen and oxygen atoms in total. The van der Waals surface area contributed by atoms with Crippen LogP contribution in [0.15, 0.2) is 23.6 Å². The zero-order valence-corrected chi connectivity index (χ0v) is 11.4. The van der Waals surface area contributed by atoms with Crippen molar-refractivity contribution >= 4 is 23.4 Å². The van der Waals surface area contributed by atoms with Gasteiger partial charge in [0, 0.05) is 24.9 Å². The molecule has 0 spiro atoms. The van der Waals surface area contributed by atoms with E-state index in [1.54, 1.807) is 10.7 Å². The highest BCUT2D eigenvalue weighted by Gasteiger charge is 2.09. The topological polar surface area (TPSA) is 81.6 Å². The molecule has 2 aromatic rings. The minimum absolute atomic E-state index is 0.114. The zero-order chi connectivity index (χ0) is 13.1. The van der Waals surface area contributed by atoms with Gasteiger partial charge in [-0.05, 0) is 13.2 Å². The number of nitrogens with zero attached hydrogens (tertiary/aromatic N) is 4. The largest absolute Gasteiger partial charge is 0.383 e. The summed E-state index contributed by atoms with van der Waals surface area (Å²) in [5, 5.41) is 8.10. The van der Waals surface area contributed by atoms with E-state index in [9.17, 15) is 0 Å². The average molecular weight is 264 g/mol. The van der Waals surface area contributed by atoms with Crippen molar-refractivity contribution in [1.29, 1.82) is 0 Å². The van der Waals surface area contributed by atoms with Gasteiger partial charge in [0.05, 0.1) is 12.2 Å². The van der Waals surface area contributed by atoms with Gasteiger partial charge in [-0.1, -0.05) is 11.8 Å². The van der Waals surface area contributed by atoms with Gasteiger partial charge in [-0.3, -0.25) is 4.68 Å². The lowest BCUT2D eigenvalue weighted by molar-refractivity contribution is 0.765. The van der Waals surface area contributed by atoms with Crippen LogP contribution < -0.4 is 11.1 Å². The monoisotopic (exact) mass is 264 g/mol. The molecule has 0 saturated carbocycles. The summed E-state index contributed by atoms with van der Waals surface area (Å²) in [4.78, 5) is 8.47. The Bertz CT molecular complexity index is 538. The molecule has 2 rings (SSSR count). The van der Waals surface area contributed by atoms with Gasteiger partial charge in [0.15, 0.2) is 5.16 Å². The van der Waals surface area contributed by atoms with Crippen molar-refractivity contribution in [2.75, 3.05) is 17.3 Å². The minimum Gasteiger partial charge on any atom is -0.383 e. The Morgan fingerprint density at radius 1 is 1.44 bits per heavy atom. The van der Waals surface area contributed by atoms with Crippen molar-refractivity contribution in [3.63, 3.8) is 0 Å². The molecule has 2 heterocycles. The summed E-state index contributed by atoms with van der Waals surface area (Å²) in [5.41, 5.74) is 6.83. The number of nitrogens with two attached hydrogens (primary N) is 1. The first kappa shape index (κ1) is 12.7. The Morgan fingerprint density at radius 2 is 2.22 bits per heavy atom. The molecule has 0 fully saturated rings. The van der Waals surface area contributed by atoms with Crippen LogP contribution in [0.3, 0.4) is 0 Å². The molecular formula is C11H16N6S. The summed E-state index contributed by atoms with van der Waals surface area (Å²) in [6.45, 7) is 2.05. The lowest BCUT2D eigenvalue weighted by Crippen LogP contribution is -2.09. The number of anilines is 2. The Morgan fingerprint density at radius 3 is 2.83 bits per heavy atom. The van der Waals surface area contributed by atoms with Gasteiger partial charge in [-0.2, -0.15) is 5.10 Å². The fraction of sp³-hybridized carbons (Fsp3) is 0.364. The van der Waals surface area contributed by atoms with E-state index >= 15 is 0 Å². The summed E-state index contributed by atoms with van der Waals surface area (Å²) in [5.74, 6) is 1.19. The van der Waals surface area contributed by atoms with E-state index in [4.69, 9.17) is 5.73 Å². The van der Waals surface area contributed by atoms with Crippen LogP contribution in [0.2, 0.25) is 0 Å². The minimum atomic E-state index is 0.114. The molecule has 0 aliphatic carbocycles. The van der Waals surface area contributed by atoms with Crippen LogP contribution >= 0.6 is 11.8 Å². The van der Waals surface area contributed by atoms with Crippen LogP contribution in [0.25, 0.3) is 0 Å². The van der Waals surface area contributed by atoms with E-state index in [0.717, 1.165) is 11.4 Å². The fourth-order valence-electron chi connectivity index (χ4n) is 1.58. The van der Waals surface area contributed by atoms with Crippen LogP contribution in [-0.2, 0) is 7.05 Å². The lowest BCUT2D eigenvalue weighted by atomic mass is 10.2. The molecular weight excluding hydrogens is 248 g/mol. The van der Waals surface area contributed by atoms with Crippen molar-refractivity contribution in [3.05, 3.63) is 24.0 Å². The summed E-state index contributed by atoms with van der Waals surface area (Å²) in [6.07, 6.45) is 5.72. The second-order valence-electron chi connectivity index (χ2n) is 3.98. The number of rotatable bonds is 4. The lowest BCUT2D eigenvalue weighted by Gasteiger charge is -2.13. The van der Waals surface area contributed by atoms with E-state index < -0.39 is 0 Å². The van der Waals surface area contributed by atoms with Gasteiger partial charge >= 0.3 is 0 Å². The first-order chi connectivity index (χ1) is 8.58. The Kier molecular flexibility index (Phi) is 3.71. The molecule has 2 aromatic heterocycles. The number of hydrogen-bond donors (Lipinski definition) is 2. The maximum Gasteiger partial charge on any atom is 0.191 e. The first-order valence-corrected chi connectivity index (χ1v) is 6.74. The van der Waals surface area contributed by atoms with E-state index in [0.29, 0.717) is 11.0 Å². The third kappa shape index (κ3) is 2.92. The average Bonchev–Trinajstić information content (AvgIpc) is 2.75. The normalized spacial score (nSPS) is 12.4. The predicted molar refractivity (Wildman–Crippen MR) is 73.5 cm³/mol. The number of aromatic nitrogens is 4. The van der Waals surface area contributed by atoms with Gasteiger partial charge in [0.25, 0.3) is 0 Å². The third-order valence-electron chi connectivity index (χ3n) is 2.50. The fourth-order valence-corrected chi connectivity index (χ4v) is 1.96. The van der Waals surface area contributed by atoms with E-state index in [2.05, 4.69) is 20.4 Å². The second-order valence-corrected chi connectivity index (χ2v) is 4.75. The van der Waals surface area contributed by atoms with Gasteiger partial charge in [0.1, 0.15) is 11.6 Å². The highest BCUT2D eigenvalue weighted by Crippen LogP contribution is 2.20. The van der Waals surface area contributed by atoms with Crippen LogP contribution in [-0.4, -0.2) is 26.0 Å². The molecule has 1 atom stereocenters. The molecule has 0 radical (unpaired) electrons. The second kappa shape index (κ2) is 5.26. The molecule has 0 bridgehead atoms. The van der Waals surface area contributed by atoms with Gasteiger partial charge in [-0.25, -0.2) is 9.97 Å². The number of nitrogens with one attached hydrogen (secondary N) is 1. The number of hydrogen-bond acceptors (Lipinski definition) is 6. The number of thioether (sulfide) groups is 1. The van der Waals surface area contributed by atoms with Crippen molar-refractivity contribution in [2.24, 2.45) is 7.05 Å². The predicted octanol–water partition coefficient (Wildman–Crippen LogP) is 1.69. The molecule has 0 aliphatic rings. The summed E-state index contributed by atoms with van der Waals surface area (Å²) < 4.78 is 1.77. The molecule has 0 aliphatic heterocycles. The van der Waals surface area contributed by atoms with Crippen LogP contribution in [0, 0.1) is 0 Å². The highest BCUT2D eigenvalue weighted by atomic mass is 32.2. The summed E-state index contributed by atoms with van der Waals surface area (Å²) in [6, 6.07) is 1.84. The van der Waals surface area contributed by atoms with Crippen molar-refractivity contribution in [2.45, 2.75) is 18.1 Å². The summed E-state index contributed by atoms with van der Waals surface area (Å²) in [7, 11) is 1.89. The molecule has 96 valence electrons. The maximum atomic E-state index is 5.73. The molecule has 0 aromatic carbocycles. The standard InChI is InChI=1S/C11H16N6S/c1-7(8-5-13-17(2)6-8)14-10-4-9(12)15-11(16-10)18-3/h4-7H,1-3H3,(H3,12,14,15,16). The Labute approximate surface area is 110 Å². The third-order valence-corrected chi connectivity index (χ3v) is 3.04. The van der Waals surface area contributed by atoms with E-state index in [1.807, 2.05) is 32.6 Å². The molecule has 7 heteroatoms. The Balaban J connectivity index is 2.16. The highest BCUT2D eigenvalue weighted by molar-refractivity contribution is 7.98. The van der Waals surface area contributed by atoms with Crippen LogP contribution in [0.1, 0.15) is 18.5 Å². The molecule has 1 unspecified atom stereocenters. The van der Waals surface area contributed by atoms with Crippen LogP contribution in [0.5, 0.6) is 0 Å². The molecule has 3 N–H and O–H groups in total. The van der Waals surface area contributed by atoms with Crippen molar-refractivity contribution in [1.82, 2.24) is 19.7 Å². The number of aryl methyl sites for hydroxylation is 1. The van der Waals surface area contributed by atoms with E-state index in [1.165, 1.54) is 11.8 Å². The van der Waals surface area contributed by atoms with E-state index in [-0.39, 0.29) is 6.04 Å². The van der Waals surface area contributed by atoms with Crippen LogP contribution in [0.4, 0.5) is 11.6 Å². The first-order valence-electron chi connectivity index (χ1n) is 5.52. The zero-order valence-electron chi connectivity index (χ0n) is 10.6. The smallest absolute Gasteiger partial charge is 0.191 e. The van der Waals surface area contributed by atoms with Crippen molar-refractivity contribution < 1.29 is 0 Å². The molecule has 0 saturated heterocycles. The Hall–Kier alpha value is -1.76. The van der Waals surface area contributed by atoms with Crippen molar-refractivity contribution in [3.8, 4) is 0 Å². The SMILES string of the molecule is CSc1nc(N)cc(NC(C)c2cnn(C)c2)n1. The number of nitrogen functional groups attached to an aromatic ring is 1. The maximum absolute atomic E-state index is 5.73. The molecule has 18 heavy (non-hydrogen) atoms. The summed E-state index contributed by atoms with van der Waals surface area (Å²) >= 11 is 1.47. The molecule has 0 amide bonds. The van der Waals surface area contributed by atoms with Gasteiger partial charge in [0.2, 0.25) is 0 Å².